The summed E-state index contributed by atoms with van der Waals surface area (Å²) < 4.78 is 14.6. The van der Waals surface area contributed by atoms with Crippen LogP contribution in [0.15, 0.2) is 6.20 Å². The zero-order valence-electron chi connectivity index (χ0n) is 11.1. The van der Waals surface area contributed by atoms with Crippen molar-refractivity contribution in [1.82, 2.24) is 14.9 Å². The molecule has 0 radical (unpaired) electrons. The first-order valence-electron chi connectivity index (χ1n) is 5.80. The van der Waals surface area contributed by atoms with E-state index in [1.54, 1.807) is 0 Å². The van der Waals surface area contributed by atoms with Crippen molar-refractivity contribution in [3.8, 4) is 11.9 Å². The van der Waals surface area contributed by atoms with Gasteiger partial charge in [0.15, 0.2) is 0 Å². The molecule has 0 aromatic carbocycles. The molecule has 20 heavy (non-hydrogen) atoms. The first-order chi connectivity index (χ1) is 9.63. The molecule has 9 heteroatoms. The molecule has 1 saturated heterocycles. The molecule has 1 aliphatic heterocycles. The van der Waals surface area contributed by atoms with Crippen molar-refractivity contribution in [2.45, 2.75) is 0 Å². The lowest BCUT2D eigenvalue weighted by atomic mass is 10.4. The molecule has 0 aliphatic carbocycles. The van der Waals surface area contributed by atoms with E-state index >= 15 is 0 Å². The highest BCUT2D eigenvalue weighted by Crippen LogP contribution is 2.22. The van der Waals surface area contributed by atoms with Crippen molar-refractivity contribution in [3.63, 3.8) is 0 Å². The van der Waals surface area contributed by atoms with E-state index in [-0.39, 0.29) is 18.4 Å². The van der Waals surface area contributed by atoms with Crippen LogP contribution in [0.5, 0.6) is 11.9 Å². The van der Waals surface area contributed by atoms with Gasteiger partial charge in [0.2, 0.25) is 11.8 Å². The molecule has 108 valence electrons. The van der Waals surface area contributed by atoms with Crippen LogP contribution in [0.25, 0.3) is 0 Å². The highest BCUT2D eigenvalue weighted by atomic mass is 16.6. The Morgan fingerprint density at radius 1 is 1.50 bits per heavy atom. The molecular formula is C11H14N4O5. The summed E-state index contributed by atoms with van der Waals surface area (Å²) in [5, 5.41) is 2.57. The van der Waals surface area contributed by atoms with Crippen LogP contribution in [0.1, 0.15) is 0 Å². The van der Waals surface area contributed by atoms with E-state index in [0.717, 1.165) is 0 Å². The number of cyclic esters (lactones) is 1. The summed E-state index contributed by atoms with van der Waals surface area (Å²) in [6, 6.07) is 0.128. The number of rotatable bonds is 5. The van der Waals surface area contributed by atoms with Gasteiger partial charge in [-0.3, -0.25) is 9.69 Å². The number of ether oxygens (including phenoxy) is 3. The predicted octanol–water partition coefficient (Wildman–Crippen LogP) is -0.116. The quantitative estimate of drug-likeness (QED) is 0.803. The van der Waals surface area contributed by atoms with Crippen LogP contribution in [0, 0.1) is 0 Å². The average molecular weight is 282 g/mol. The van der Waals surface area contributed by atoms with E-state index in [1.807, 2.05) is 0 Å². The SMILES string of the molecule is COc1ncc(NC(=O)CN2CCOC2=O)c(OC)n1. The standard InChI is InChI=1S/C11H14N4O5/c1-18-9-7(5-12-10(14-9)19-2)13-8(16)6-15-3-4-20-11(15)17/h5H,3-4,6H2,1-2H3,(H,13,16). The van der Waals surface area contributed by atoms with Crippen molar-refractivity contribution in [3.05, 3.63) is 6.20 Å². The van der Waals surface area contributed by atoms with Crippen molar-refractivity contribution in [2.24, 2.45) is 0 Å². The number of methoxy groups -OCH3 is 2. The zero-order chi connectivity index (χ0) is 14.5. The molecule has 2 rings (SSSR count). The Balaban J connectivity index is 2.01. The van der Waals surface area contributed by atoms with Gasteiger partial charge in [0, 0.05) is 0 Å². The van der Waals surface area contributed by atoms with E-state index in [4.69, 9.17) is 14.2 Å². The predicted molar refractivity (Wildman–Crippen MR) is 66.7 cm³/mol. The van der Waals surface area contributed by atoms with Gasteiger partial charge in [-0.2, -0.15) is 4.98 Å². The third-order valence-electron chi connectivity index (χ3n) is 2.56. The van der Waals surface area contributed by atoms with Crippen LogP contribution in [0.2, 0.25) is 0 Å². The third-order valence-corrected chi connectivity index (χ3v) is 2.56. The van der Waals surface area contributed by atoms with Gasteiger partial charge in [-0.15, -0.1) is 0 Å². The van der Waals surface area contributed by atoms with Gasteiger partial charge >= 0.3 is 12.1 Å². The number of hydrogen-bond donors (Lipinski definition) is 1. The molecule has 1 aromatic rings. The lowest BCUT2D eigenvalue weighted by Gasteiger charge is -2.13. The molecule has 0 bridgehead atoms. The van der Waals surface area contributed by atoms with Gasteiger partial charge in [-0.1, -0.05) is 0 Å². The van der Waals surface area contributed by atoms with Gasteiger partial charge in [0.05, 0.1) is 27.0 Å². The Labute approximate surface area is 114 Å². The van der Waals surface area contributed by atoms with E-state index < -0.39 is 12.0 Å². The number of carbonyl (C=O) groups is 2. The van der Waals surface area contributed by atoms with Crippen molar-refractivity contribution in [2.75, 3.05) is 39.2 Å². The Kier molecular flexibility index (Phi) is 4.18. The van der Waals surface area contributed by atoms with Gasteiger partial charge in [-0.25, -0.2) is 9.78 Å². The van der Waals surface area contributed by atoms with E-state index in [9.17, 15) is 9.59 Å². The van der Waals surface area contributed by atoms with E-state index in [2.05, 4.69) is 15.3 Å². The minimum absolute atomic E-state index is 0.103. The lowest BCUT2D eigenvalue weighted by Crippen LogP contribution is -2.33. The summed E-state index contributed by atoms with van der Waals surface area (Å²) in [6.45, 7) is 0.581. The topological polar surface area (TPSA) is 103 Å². The molecule has 9 nitrogen and oxygen atoms in total. The maximum absolute atomic E-state index is 11.8. The number of nitrogens with one attached hydrogen (secondary N) is 1. The number of nitrogens with zero attached hydrogens (tertiary/aromatic N) is 3. The largest absolute Gasteiger partial charge is 0.479 e. The fourth-order valence-electron chi connectivity index (χ4n) is 1.62. The zero-order valence-corrected chi connectivity index (χ0v) is 11.1. The number of carbonyl (C=O) groups excluding carboxylic acids is 2. The lowest BCUT2D eigenvalue weighted by molar-refractivity contribution is -0.116. The second kappa shape index (κ2) is 6.04. The van der Waals surface area contributed by atoms with Gasteiger partial charge < -0.3 is 19.5 Å². The molecule has 0 saturated carbocycles. The molecule has 0 spiro atoms. The molecule has 0 atom stereocenters. The number of amides is 2. The molecule has 1 N–H and O–H groups in total. The summed E-state index contributed by atoms with van der Waals surface area (Å²) in [4.78, 5) is 32.2. The summed E-state index contributed by atoms with van der Waals surface area (Å²) in [7, 11) is 2.83. The minimum atomic E-state index is -0.502. The highest BCUT2D eigenvalue weighted by Gasteiger charge is 2.24. The highest BCUT2D eigenvalue weighted by molar-refractivity contribution is 5.94. The number of anilines is 1. The molecule has 1 aromatic heterocycles. The fourth-order valence-corrected chi connectivity index (χ4v) is 1.62. The first kappa shape index (κ1) is 13.8. The number of aromatic nitrogens is 2. The van der Waals surface area contributed by atoms with Crippen LogP contribution in [0.4, 0.5) is 10.5 Å². The van der Waals surface area contributed by atoms with Crippen molar-refractivity contribution in [1.29, 1.82) is 0 Å². The minimum Gasteiger partial charge on any atom is -0.479 e. The van der Waals surface area contributed by atoms with Gasteiger partial charge in [0.25, 0.3) is 0 Å². The third kappa shape index (κ3) is 3.05. The molecule has 1 fully saturated rings. The van der Waals surface area contributed by atoms with Crippen molar-refractivity contribution < 1.29 is 23.8 Å². The summed E-state index contributed by atoms with van der Waals surface area (Å²) in [6.07, 6.45) is 0.864. The van der Waals surface area contributed by atoms with E-state index in [0.29, 0.717) is 18.8 Å². The first-order valence-corrected chi connectivity index (χ1v) is 5.80. The fraction of sp³-hybridized carbons (Fsp3) is 0.455. The Morgan fingerprint density at radius 3 is 2.90 bits per heavy atom. The Bertz CT molecular complexity index is 522. The Hall–Kier alpha value is -2.58. The molecular weight excluding hydrogens is 268 g/mol. The molecule has 2 amide bonds. The van der Waals surface area contributed by atoms with Crippen LogP contribution >= 0.6 is 0 Å². The van der Waals surface area contributed by atoms with Crippen LogP contribution in [-0.4, -0.2) is 60.8 Å². The van der Waals surface area contributed by atoms with Crippen LogP contribution in [0.3, 0.4) is 0 Å². The second-order valence-electron chi connectivity index (χ2n) is 3.86. The summed E-state index contributed by atoms with van der Waals surface area (Å²) in [5.74, 6) is -0.217. The molecule has 2 heterocycles. The normalized spacial score (nSPS) is 13.9. The van der Waals surface area contributed by atoms with Crippen molar-refractivity contribution >= 4 is 17.7 Å². The smallest absolute Gasteiger partial charge is 0.410 e. The molecule has 0 unspecified atom stereocenters. The van der Waals surface area contributed by atoms with Crippen LogP contribution < -0.4 is 14.8 Å². The van der Waals surface area contributed by atoms with Gasteiger partial charge in [-0.05, 0) is 0 Å². The van der Waals surface area contributed by atoms with E-state index in [1.165, 1.54) is 25.3 Å². The summed E-state index contributed by atoms with van der Waals surface area (Å²) >= 11 is 0. The van der Waals surface area contributed by atoms with Gasteiger partial charge in [0.1, 0.15) is 18.8 Å². The monoisotopic (exact) mass is 282 g/mol. The molecule has 1 aliphatic rings. The Morgan fingerprint density at radius 2 is 2.30 bits per heavy atom. The maximum Gasteiger partial charge on any atom is 0.410 e. The second-order valence-corrected chi connectivity index (χ2v) is 3.86. The average Bonchev–Trinajstić information content (AvgIpc) is 2.84. The van der Waals surface area contributed by atoms with Crippen LogP contribution in [-0.2, 0) is 9.53 Å². The summed E-state index contributed by atoms with van der Waals surface area (Å²) in [5.41, 5.74) is 0.297. The maximum atomic E-state index is 11.8. The number of hydrogen-bond acceptors (Lipinski definition) is 7.